The number of rotatable bonds is 11. The van der Waals surface area contributed by atoms with Crippen LogP contribution in [0.1, 0.15) is 35.8 Å². The monoisotopic (exact) mass is 523 g/mol. The van der Waals surface area contributed by atoms with Gasteiger partial charge in [0.2, 0.25) is 12.7 Å². The number of nitrogens with one attached hydrogen (secondary N) is 1. The smallest absolute Gasteiger partial charge is 0.322 e. The summed E-state index contributed by atoms with van der Waals surface area (Å²) in [5.41, 5.74) is 2.80. The quantitative estimate of drug-likeness (QED) is 0.369. The lowest BCUT2D eigenvalue weighted by Crippen LogP contribution is -2.45. The van der Waals surface area contributed by atoms with Crippen LogP contribution in [0.4, 0.5) is 10.5 Å². The van der Waals surface area contributed by atoms with Gasteiger partial charge in [0.1, 0.15) is 6.54 Å². The molecule has 0 bridgehead atoms. The molecule has 0 fully saturated rings. The summed E-state index contributed by atoms with van der Waals surface area (Å²) in [6.07, 6.45) is 0. The summed E-state index contributed by atoms with van der Waals surface area (Å²) in [6.45, 7) is 5.80. The van der Waals surface area contributed by atoms with E-state index in [2.05, 4.69) is 19.2 Å². The second-order valence-electron chi connectivity index (χ2n) is 9.14. The van der Waals surface area contributed by atoms with Crippen molar-refractivity contribution in [1.82, 2.24) is 9.80 Å². The molecule has 0 saturated carbocycles. The number of ether oxygens (including phenoxy) is 3. The second kappa shape index (κ2) is 12.6. The van der Waals surface area contributed by atoms with Gasteiger partial charge in [0.15, 0.2) is 11.5 Å². The minimum atomic E-state index is -0.346. The maximum atomic E-state index is 13.6. The molecule has 1 aliphatic rings. The van der Waals surface area contributed by atoms with Gasteiger partial charge in [-0.1, -0.05) is 38.1 Å². The molecule has 0 unspecified atom stereocenters. The summed E-state index contributed by atoms with van der Waals surface area (Å²) >= 11 is 1.59. The molecule has 8 nitrogen and oxygen atoms in total. The Morgan fingerprint density at radius 2 is 1.81 bits per heavy atom. The fourth-order valence-electron chi connectivity index (χ4n) is 3.95. The van der Waals surface area contributed by atoms with E-state index in [1.807, 2.05) is 60.0 Å². The number of nitrogens with zero attached hydrogens (tertiary/aromatic N) is 2. The first-order valence-electron chi connectivity index (χ1n) is 12.3. The number of fused-ring (bicyclic) bond motifs is 1. The average molecular weight is 524 g/mol. The van der Waals surface area contributed by atoms with E-state index in [0.717, 1.165) is 10.4 Å². The van der Waals surface area contributed by atoms with Crippen molar-refractivity contribution in [2.45, 2.75) is 32.9 Å². The molecule has 1 aliphatic heterocycles. The summed E-state index contributed by atoms with van der Waals surface area (Å²) in [4.78, 5) is 31.0. The van der Waals surface area contributed by atoms with Gasteiger partial charge in [0.25, 0.3) is 0 Å². The summed E-state index contributed by atoms with van der Waals surface area (Å²) in [5, 5.41) is 4.90. The van der Waals surface area contributed by atoms with E-state index >= 15 is 0 Å². The lowest BCUT2D eigenvalue weighted by Gasteiger charge is -2.28. The van der Waals surface area contributed by atoms with Crippen LogP contribution < -0.4 is 14.8 Å². The third kappa shape index (κ3) is 7.24. The number of urea groups is 1. The Morgan fingerprint density at radius 3 is 2.51 bits per heavy atom. The van der Waals surface area contributed by atoms with Crippen LogP contribution in [-0.2, 0) is 22.6 Å². The van der Waals surface area contributed by atoms with Gasteiger partial charge in [0.05, 0.1) is 13.2 Å². The van der Waals surface area contributed by atoms with Crippen LogP contribution in [0, 0.1) is 0 Å². The number of hydrogen-bond donors (Lipinski definition) is 1. The number of carbonyl (C=O) groups excluding carboxylic acids is 2. The minimum absolute atomic E-state index is 0.0742. The molecule has 0 saturated heterocycles. The average Bonchev–Trinajstić information content (AvgIpc) is 3.58. The molecule has 1 N–H and O–H groups in total. The SMILES string of the molecule is COCCN(CC(=O)N(Cc1ccc2c(c1)OCO2)Cc1cccs1)C(=O)Nc1ccc(C(C)C)cc1. The van der Waals surface area contributed by atoms with Crippen molar-refractivity contribution in [2.24, 2.45) is 0 Å². The van der Waals surface area contributed by atoms with Crippen LogP contribution >= 0.6 is 11.3 Å². The van der Waals surface area contributed by atoms with E-state index in [4.69, 9.17) is 14.2 Å². The van der Waals surface area contributed by atoms with Gasteiger partial charge in [-0.05, 0) is 52.8 Å². The molecule has 196 valence electrons. The maximum Gasteiger partial charge on any atom is 0.322 e. The van der Waals surface area contributed by atoms with Gasteiger partial charge in [0, 0.05) is 30.8 Å². The summed E-state index contributed by atoms with van der Waals surface area (Å²) in [6, 6.07) is 17.1. The van der Waals surface area contributed by atoms with Crippen LogP contribution in [0.2, 0.25) is 0 Å². The topological polar surface area (TPSA) is 80.3 Å². The third-order valence-corrected chi connectivity index (χ3v) is 6.96. The Hall–Kier alpha value is -3.56. The van der Waals surface area contributed by atoms with Crippen LogP contribution in [0.25, 0.3) is 0 Å². The number of anilines is 1. The van der Waals surface area contributed by atoms with Gasteiger partial charge in [-0.15, -0.1) is 11.3 Å². The Labute approximate surface area is 221 Å². The fraction of sp³-hybridized carbons (Fsp3) is 0.357. The Bertz CT molecular complexity index is 1180. The fourth-order valence-corrected chi connectivity index (χ4v) is 4.67. The van der Waals surface area contributed by atoms with Crippen molar-refractivity contribution >= 4 is 29.0 Å². The van der Waals surface area contributed by atoms with Crippen molar-refractivity contribution in [2.75, 3.05) is 38.9 Å². The highest BCUT2D eigenvalue weighted by Crippen LogP contribution is 2.33. The van der Waals surface area contributed by atoms with E-state index in [9.17, 15) is 9.59 Å². The predicted octanol–water partition coefficient (Wildman–Crippen LogP) is 5.31. The molecule has 0 aliphatic carbocycles. The molecule has 0 radical (unpaired) electrons. The van der Waals surface area contributed by atoms with Crippen LogP contribution in [-0.4, -0.2) is 55.3 Å². The highest BCUT2D eigenvalue weighted by atomic mass is 32.1. The van der Waals surface area contributed by atoms with Crippen molar-refractivity contribution in [1.29, 1.82) is 0 Å². The first-order chi connectivity index (χ1) is 17.9. The number of carbonyl (C=O) groups is 2. The maximum absolute atomic E-state index is 13.6. The zero-order valence-electron chi connectivity index (χ0n) is 21.4. The number of methoxy groups -OCH3 is 1. The molecule has 3 amide bonds. The molecule has 2 aromatic carbocycles. The zero-order chi connectivity index (χ0) is 26.2. The number of thiophene rings is 1. The first-order valence-corrected chi connectivity index (χ1v) is 13.1. The zero-order valence-corrected chi connectivity index (χ0v) is 22.3. The normalized spacial score (nSPS) is 12.0. The van der Waals surface area contributed by atoms with E-state index in [-0.39, 0.29) is 31.8 Å². The minimum Gasteiger partial charge on any atom is -0.454 e. The third-order valence-electron chi connectivity index (χ3n) is 6.10. The summed E-state index contributed by atoms with van der Waals surface area (Å²) < 4.78 is 16.1. The van der Waals surface area contributed by atoms with Crippen molar-refractivity contribution in [3.05, 3.63) is 76.0 Å². The van der Waals surface area contributed by atoms with E-state index in [1.165, 1.54) is 10.5 Å². The largest absolute Gasteiger partial charge is 0.454 e. The number of amides is 3. The van der Waals surface area contributed by atoms with Gasteiger partial charge >= 0.3 is 6.03 Å². The summed E-state index contributed by atoms with van der Waals surface area (Å²) in [7, 11) is 1.57. The van der Waals surface area contributed by atoms with Gasteiger partial charge in [-0.3, -0.25) is 4.79 Å². The van der Waals surface area contributed by atoms with Gasteiger partial charge in [-0.2, -0.15) is 0 Å². The molecule has 0 atom stereocenters. The lowest BCUT2D eigenvalue weighted by molar-refractivity contribution is -0.133. The lowest BCUT2D eigenvalue weighted by atomic mass is 10.0. The molecule has 3 aromatic rings. The predicted molar refractivity (Wildman–Crippen MR) is 144 cm³/mol. The van der Waals surface area contributed by atoms with E-state index in [1.54, 1.807) is 23.3 Å². The molecule has 1 aromatic heterocycles. The van der Waals surface area contributed by atoms with Crippen LogP contribution in [0.5, 0.6) is 11.5 Å². The molecule has 4 rings (SSSR count). The molecule has 0 spiro atoms. The summed E-state index contributed by atoms with van der Waals surface area (Å²) in [5.74, 6) is 1.61. The second-order valence-corrected chi connectivity index (χ2v) is 10.2. The van der Waals surface area contributed by atoms with Gasteiger partial charge < -0.3 is 29.3 Å². The van der Waals surface area contributed by atoms with Crippen molar-refractivity contribution in [3.63, 3.8) is 0 Å². The number of hydrogen-bond acceptors (Lipinski definition) is 6. The van der Waals surface area contributed by atoms with Crippen molar-refractivity contribution in [3.8, 4) is 11.5 Å². The number of benzene rings is 2. The van der Waals surface area contributed by atoms with Crippen LogP contribution in [0.15, 0.2) is 60.0 Å². The van der Waals surface area contributed by atoms with Gasteiger partial charge in [-0.25, -0.2) is 4.79 Å². The molecule has 9 heteroatoms. The standard InChI is InChI=1S/C28H33N3O5S/c1-20(2)22-7-9-23(10-8-22)29-28(33)30(12-13-34-3)18-27(32)31(17-24-5-4-14-37-24)16-21-6-11-25-26(15-21)36-19-35-25/h4-11,14-15,20H,12-13,16-19H2,1-3H3,(H,29,33). The first kappa shape index (κ1) is 26.5. The highest BCUT2D eigenvalue weighted by Gasteiger charge is 2.23. The Kier molecular flexibility index (Phi) is 9.03. The van der Waals surface area contributed by atoms with Crippen molar-refractivity contribution < 1.29 is 23.8 Å². The van der Waals surface area contributed by atoms with E-state index < -0.39 is 0 Å². The molecule has 37 heavy (non-hydrogen) atoms. The molecule has 2 heterocycles. The Balaban J connectivity index is 1.47. The highest BCUT2D eigenvalue weighted by molar-refractivity contribution is 7.09. The van der Waals surface area contributed by atoms with Crippen LogP contribution in [0.3, 0.4) is 0 Å². The Morgan fingerprint density at radius 1 is 1.03 bits per heavy atom. The molecular formula is C28H33N3O5S. The molecular weight excluding hydrogens is 490 g/mol. The van der Waals surface area contributed by atoms with E-state index in [0.29, 0.717) is 42.8 Å².